The van der Waals surface area contributed by atoms with Gasteiger partial charge in [-0.15, -0.1) is 0 Å². The van der Waals surface area contributed by atoms with Crippen LogP contribution in [0.4, 0.5) is 11.4 Å². The van der Waals surface area contributed by atoms with Crippen molar-refractivity contribution in [2.45, 2.75) is 0 Å². The number of nitrogens with zero attached hydrogens (tertiary/aromatic N) is 1. The number of fused-ring (bicyclic) bond motifs is 3. The van der Waals surface area contributed by atoms with Crippen LogP contribution in [0.25, 0.3) is 49.7 Å². The first-order valence-corrected chi connectivity index (χ1v) is 21.6. The summed E-state index contributed by atoms with van der Waals surface area (Å²) in [6, 6.07) is 86.1. The summed E-state index contributed by atoms with van der Waals surface area (Å²) >= 11 is 0. The minimum atomic E-state index is -2.55. The summed E-state index contributed by atoms with van der Waals surface area (Å²) in [6.45, 7) is 0. The molecule has 0 amide bonds. The second kappa shape index (κ2) is 14.8. The van der Waals surface area contributed by atoms with Crippen LogP contribution in [0.15, 0.2) is 237 Å². The molecule has 0 atom stereocenters. The van der Waals surface area contributed by atoms with E-state index >= 15 is 0 Å². The van der Waals surface area contributed by atoms with Crippen molar-refractivity contribution < 1.29 is 0 Å². The first-order chi connectivity index (χ1) is 28.3. The molecule has 2 nitrogen and oxygen atoms in total. The van der Waals surface area contributed by atoms with Crippen molar-refractivity contribution in [2.75, 3.05) is 5.32 Å². The average Bonchev–Trinajstić information content (AvgIpc) is 3.64. The molecule has 0 bridgehead atoms. The highest BCUT2D eigenvalue weighted by atomic mass is 28.3. The largest absolute Gasteiger partial charge is 0.356 e. The van der Waals surface area contributed by atoms with Crippen molar-refractivity contribution in [1.29, 1.82) is 0 Å². The minimum absolute atomic E-state index is 1.06. The predicted molar refractivity (Wildman–Crippen MR) is 245 cm³/mol. The lowest BCUT2D eigenvalue weighted by Crippen LogP contribution is -2.74. The van der Waals surface area contributed by atoms with E-state index < -0.39 is 8.07 Å². The summed E-state index contributed by atoms with van der Waals surface area (Å²) < 4.78 is 2.38. The molecule has 0 unspecified atom stereocenters. The lowest BCUT2D eigenvalue weighted by molar-refractivity contribution is 1.18. The maximum absolute atomic E-state index is 3.67. The Hall–Kier alpha value is -7.20. The van der Waals surface area contributed by atoms with Crippen LogP contribution in [0.5, 0.6) is 0 Å². The van der Waals surface area contributed by atoms with Gasteiger partial charge in [0.25, 0.3) is 0 Å². The third-order valence-electron chi connectivity index (χ3n) is 11.4. The molecule has 1 heterocycles. The van der Waals surface area contributed by atoms with Gasteiger partial charge in [-0.05, 0) is 91.5 Å². The quantitative estimate of drug-likeness (QED) is 0.115. The summed E-state index contributed by atoms with van der Waals surface area (Å²) in [5.74, 6) is 0. The normalized spacial score (nSPS) is 11.5. The Morgan fingerprint density at radius 2 is 0.737 bits per heavy atom. The SMILES string of the molecule is c1ccc(-n2c3ccccc3c3c(-c4ccc(-c5ccc(Nc6ccc([Si](c7ccccc7)(c7ccccc7)c7ccccc7)cc6)cc5)cc4)cccc32)cc1. The van der Waals surface area contributed by atoms with Gasteiger partial charge in [0.05, 0.1) is 11.0 Å². The van der Waals surface area contributed by atoms with Gasteiger partial charge in [0.1, 0.15) is 0 Å². The standard InChI is InChI=1S/C54H40N2Si/c1-5-16-45(17-6-1)56-52-26-14-13-24-51(52)54-50(25-15-27-53(54)56)42-30-28-40(29-31-42)41-32-34-43(35-33-41)55-44-36-38-49(39-37-44)57(46-18-7-2-8-19-46,47-20-9-3-10-21-47)48-22-11-4-12-23-48/h1-39,55H. The van der Waals surface area contributed by atoms with Gasteiger partial charge in [-0.2, -0.15) is 0 Å². The van der Waals surface area contributed by atoms with Gasteiger partial charge in [-0.25, -0.2) is 0 Å². The zero-order valence-electron chi connectivity index (χ0n) is 31.5. The summed E-state index contributed by atoms with van der Waals surface area (Å²) in [6.07, 6.45) is 0. The molecule has 3 heteroatoms. The number of hydrogen-bond donors (Lipinski definition) is 1. The van der Waals surface area contributed by atoms with Crippen LogP contribution in [0.3, 0.4) is 0 Å². The van der Waals surface area contributed by atoms with Crippen molar-refractivity contribution >= 4 is 62.0 Å². The van der Waals surface area contributed by atoms with E-state index in [1.54, 1.807) is 0 Å². The Morgan fingerprint density at radius 1 is 0.316 bits per heavy atom. The van der Waals surface area contributed by atoms with Gasteiger partial charge in [0.2, 0.25) is 0 Å². The van der Waals surface area contributed by atoms with Crippen LogP contribution in [0.1, 0.15) is 0 Å². The number of aromatic nitrogens is 1. The van der Waals surface area contributed by atoms with E-state index in [0.717, 1.165) is 11.4 Å². The van der Waals surface area contributed by atoms with Gasteiger partial charge in [0.15, 0.2) is 8.07 Å². The molecule has 1 N–H and O–H groups in total. The van der Waals surface area contributed by atoms with E-state index in [-0.39, 0.29) is 0 Å². The van der Waals surface area contributed by atoms with Crippen molar-refractivity contribution in [3.05, 3.63) is 237 Å². The highest BCUT2D eigenvalue weighted by Gasteiger charge is 2.41. The first-order valence-electron chi connectivity index (χ1n) is 19.6. The van der Waals surface area contributed by atoms with E-state index in [9.17, 15) is 0 Å². The predicted octanol–water partition coefficient (Wildman–Crippen LogP) is 11.2. The number of para-hydroxylation sites is 2. The molecule has 0 aliphatic carbocycles. The number of benzene rings is 9. The molecule has 270 valence electrons. The number of anilines is 2. The topological polar surface area (TPSA) is 17.0 Å². The Morgan fingerprint density at radius 3 is 1.30 bits per heavy atom. The summed E-state index contributed by atoms with van der Waals surface area (Å²) in [7, 11) is -2.55. The van der Waals surface area contributed by atoms with Crippen molar-refractivity contribution in [1.82, 2.24) is 4.57 Å². The molecule has 0 aliphatic heterocycles. The fraction of sp³-hybridized carbons (Fsp3) is 0. The zero-order chi connectivity index (χ0) is 38.0. The fourth-order valence-electron chi connectivity index (χ4n) is 8.74. The molecule has 10 aromatic rings. The van der Waals surface area contributed by atoms with E-state index in [0.29, 0.717) is 0 Å². The van der Waals surface area contributed by atoms with Gasteiger partial charge in [-0.1, -0.05) is 188 Å². The molecule has 0 radical (unpaired) electrons. The highest BCUT2D eigenvalue weighted by molar-refractivity contribution is 7.19. The average molecular weight is 745 g/mol. The lowest BCUT2D eigenvalue weighted by atomic mass is 9.97. The Kier molecular flexibility index (Phi) is 8.90. The van der Waals surface area contributed by atoms with E-state index in [1.807, 2.05) is 0 Å². The van der Waals surface area contributed by atoms with Crippen LogP contribution < -0.4 is 26.1 Å². The minimum Gasteiger partial charge on any atom is -0.356 e. The number of hydrogen-bond acceptors (Lipinski definition) is 1. The number of rotatable bonds is 9. The van der Waals surface area contributed by atoms with Crippen LogP contribution in [0, 0.1) is 0 Å². The maximum atomic E-state index is 3.67. The Labute approximate surface area is 335 Å². The van der Waals surface area contributed by atoms with Gasteiger partial charge in [0, 0.05) is 27.8 Å². The first kappa shape index (κ1) is 34.3. The smallest absolute Gasteiger partial charge is 0.179 e. The second-order valence-electron chi connectivity index (χ2n) is 14.6. The highest BCUT2D eigenvalue weighted by Crippen LogP contribution is 2.39. The molecule has 0 spiro atoms. The molecule has 1 aromatic heterocycles. The third-order valence-corrected chi connectivity index (χ3v) is 16.2. The molecular weight excluding hydrogens is 705 g/mol. The molecule has 57 heavy (non-hydrogen) atoms. The lowest BCUT2D eigenvalue weighted by Gasteiger charge is -2.34. The Balaban J connectivity index is 0.927. The molecule has 0 saturated carbocycles. The van der Waals surface area contributed by atoms with E-state index in [1.165, 1.54) is 70.5 Å². The van der Waals surface area contributed by atoms with Crippen LogP contribution in [-0.4, -0.2) is 12.6 Å². The molecule has 9 aromatic carbocycles. The van der Waals surface area contributed by atoms with Crippen molar-refractivity contribution in [3.63, 3.8) is 0 Å². The maximum Gasteiger partial charge on any atom is 0.179 e. The zero-order valence-corrected chi connectivity index (χ0v) is 32.5. The summed E-state index contributed by atoms with van der Waals surface area (Å²) in [4.78, 5) is 0. The monoisotopic (exact) mass is 744 g/mol. The third kappa shape index (κ3) is 6.15. The van der Waals surface area contributed by atoms with Crippen molar-refractivity contribution in [2.24, 2.45) is 0 Å². The number of nitrogens with one attached hydrogen (secondary N) is 1. The second-order valence-corrected chi connectivity index (χ2v) is 18.4. The van der Waals surface area contributed by atoms with Gasteiger partial charge in [-0.3, -0.25) is 0 Å². The van der Waals surface area contributed by atoms with Crippen LogP contribution >= 0.6 is 0 Å². The van der Waals surface area contributed by atoms with Crippen LogP contribution in [-0.2, 0) is 0 Å². The molecular formula is C54H40N2Si. The molecule has 0 fully saturated rings. The molecule has 10 rings (SSSR count). The summed E-state index contributed by atoms with van der Waals surface area (Å²) in [5, 5.41) is 11.7. The fourth-order valence-corrected chi connectivity index (χ4v) is 13.5. The van der Waals surface area contributed by atoms with E-state index in [4.69, 9.17) is 0 Å². The summed E-state index contributed by atoms with van der Waals surface area (Å²) in [5.41, 5.74) is 10.6. The van der Waals surface area contributed by atoms with E-state index in [2.05, 4.69) is 246 Å². The molecule has 0 saturated heterocycles. The Bertz CT molecular complexity index is 2820. The van der Waals surface area contributed by atoms with Gasteiger partial charge >= 0.3 is 0 Å². The van der Waals surface area contributed by atoms with Crippen molar-refractivity contribution in [3.8, 4) is 27.9 Å². The van der Waals surface area contributed by atoms with Crippen LogP contribution in [0.2, 0.25) is 0 Å². The molecule has 0 aliphatic rings. The van der Waals surface area contributed by atoms with Gasteiger partial charge < -0.3 is 9.88 Å².